The lowest BCUT2D eigenvalue weighted by Gasteiger charge is -2.01. The molecular weight excluding hydrogens is 276 g/mol. The van der Waals surface area contributed by atoms with Gasteiger partial charge in [0.15, 0.2) is 4.88 Å². The van der Waals surface area contributed by atoms with Crippen molar-refractivity contribution in [1.82, 2.24) is 0 Å². The van der Waals surface area contributed by atoms with Crippen LogP contribution in [-0.4, -0.2) is 19.5 Å². The van der Waals surface area contributed by atoms with Gasteiger partial charge in [-0.3, -0.25) is 0 Å². The predicted octanol–water partition coefficient (Wildman–Crippen LogP) is 1.46. The minimum Gasteiger partial charge on any atom is -0.868 e. The summed E-state index contributed by atoms with van der Waals surface area (Å²) in [6.07, 6.45) is 0. The molecule has 0 radical (unpaired) electrons. The van der Waals surface area contributed by atoms with E-state index in [0.717, 1.165) is 0 Å². The lowest BCUT2D eigenvalue weighted by atomic mass is 10.2. The molecule has 0 fully saturated rings. The number of hydrogen-bond acceptors (Lipinski definition) is 4. The van der Waals surface area contributed by atoms with Gasteiger partial charge in [-0.2, -0.15) is 0 Å². The molecule has 1 atom stereocenters. The molecule has 0 aliphatic rings. The topological polar surface area (TPSA) is 94.5 Å². The molecule has 0 bridgehead atoms. The Labute approximate surface area is 99.7 Å². The molecule has 0 aliphatic carbocycles. The first kappa shape index (κ1) is 13.3. The average Bonchev–Trinajstić information content (AvgIpc) is 2.35. The van der Waals surface area contributed by atoms with E-state index in [0.29, 0.717) is 5.75 Å². The summed E-state index contributed by atoms with van der Waals surface area (Å²) in [5, 5.41) is 20.5. The molecule has 1 unspecified atom stereocenters. The Morgan fingerprint density at radius 2 is 2.06 bits per heavy atom. The Bertz CT molecular complexity index is 543. The summed E-state index contributed by atoms with van der Waals surface area (Å²) in [6.45, 7) is 3.12. The van der Waals surface area contributed by atoms with Gasteiger partial charge in [0, 0.05) is 17.6 Å². The second-order valence-electron chi connectivity index (χ2n) is 2.97. The van der Waals surface area contributed by atoms with Gasteiger partial charge >= 0.3 is 15.0 Å². The maximum absolute atomic E-state index is 11.6. The highest BCUT2D eigenvalue weighted by atomic mass is 35.7. The molecular formula is C8H9ClO5S2. The van der Waals surface area contributed by atoms with Crippen molar-refractivity contribution < 1.29 is 23.4 Å². The van der Waals surface area contributed by atoms with Crippen molar-refractivity contribution in [3.05, 3.63) is 10.4 Å². The average molecular weight is 285 g/mol. The third-order valence-electron chi connectivity index (χ3n) is 2.08. The molecule has 0 amide bonds. The van der Waals surface area contributed by atoms with Crippen molar-refractivity contribution in [2.75, 3.05) is 0 Å². The van der Waals surface area contributed by atoms with Crippen molar-refractivity contribution in [2.24, 2.45) is 0 Å². The van der Waals surface area contributed by atoms with Crippen LogP contribution in [0.2, 0.25) is 0 Å². The first-order chi connectivity index (χ1) is 7.21. The Balaban J connectivity index is 3.76. The van der Waals surface area contributed by atoms with Gasteiger partial charge in [0.25, 0.3) is 4.21 Å². The quantitative estimate of drug-likeness (QED) is 0.670. The Morgan fingerprint density at radius 3 is 2.31 bits per heavy atom. The number of hydrogen-bond donors (Lipinski definition) is 1. The van der Waals surface area contributed by atoms with Gasteiger partial charge < -0.3 is 10.2 Å². The van der Waals surface area contributed by atoms with Crippen molar-refractivity contribution in [3.63, 3.8) is 0 Å². The first-order valence-corrected chi connectivity index (χ1v) is 7.93. The molecule has 1 heterocycles. The zero-order valence-electron chi connectivity index (χ0n) is 8.48. The fraction of sp³-hybridized carbons (Fsp3) is 0.375. The predicted molar refractivity (Wildman–Crippen MR) is 58.8 cm³/mol. The molecule has 0 saturated heterocycles. The van der Waals surface area contributed by atoms with Crippen molar-refractivity contribution in [1.29, 1.82) is 0 Å². The van der Waals surface area contributed by atoms with E-state index in [-0.39, 0.29) is 4.88 Å². The van der Waals surface area contributed by atoms with E-state index in [9.17, 15) is 18.3 Å². The highest BCUT2D eigenvalue weighted by molar-refractivity contribution is 8.15. The molecule has 1 aromatic rings. The Kier molecular flexibility index (Phi) is 3.51. The largest absolute Gasteiger partial charge is 0.868 e. The zero-order chi connectivity index (χ0) is 12.7. The standard InChI is InChI=1S/C8H9ClO5S2/c1-3-15-4(2)5(7(11)12)6(10)8(15)16(9,13)14/h3H2,1-2H3,(H-,10,11,12). The summed E-state index contributed by atoms with van der Waals surface area (Å²) in [5.74, 6) is -2.05. The molecule has 16 heavy (non-hydrogen) atoms. The molecule has 1 rings (SSSR count). The van der Waals surface area contributed by atoms with Crippen molar-refractivity contribution in [2.45, 2.75) is 23.8 Å². The maximum Gasteiger partial charge on any atom is 0.340 e. The highest BCUT2D eigenvalue weighted by Crippen LogP contribution is 2.45. The monoisotopic (exact) mass is 284 g/mol. The Morgan fingerprint density at radius 1 is 1.56 bits per heavy atom. The van der Waals surface area contributed by atoms with Gasteiger partial charge in [0.1, 0.15) is 11.3 Å². The van der Waals surface area contributed by atoms with Crippen molar-refractivity contribution in [3.8, 4) is 5.75 Å². The van der Waals surface area contributed by atoms with Gasteiger partial charge in [0.2, 0.25) is 0 Å². The molecule has 0 aliphatic heterocycles. The van der Waals surface area contributed by atoms with Crippen LogP contribution >= 0.6 is 21.2 Å². The van der Waals surface area contributed by atoms with E-state index in [4.69, 9.17) is 15.8 Å². The molecule has 0 saturated carbocycles. The van der Waals surface area contributed by atoms with Gasteiger partial charge in [0.05, 0.1) is 0 Å². The molecule has 0 spiro atoms. The number of thiophene rings is 1. The van der Waals surface area contributed by atoms with Crippen molar-refractivity contribution >= 4 is 36.2 Å². The van der Waals surface area contributed by atoms with E-state index >= 15 is 0 Å². The first-order valence-electron chi connectivity index (χ1n) is 4.23. The number of aromatic carboxylic acids is 1. The smallest absolute Gasteiger partial charge is 0.340 e. The van der Waals surface area contributed by atoms with E-state index in [1.807, 2.05) is 0 Å². The minimum atomic E-state index is -4.17. The fourth-order valence-electron chi connectivity index (χ4n) is 1.46. The summed E-state index contributed by atoms with van der Waals surface area (Å²) in [5.41, 5.74) is -0.468. The maximum atomic E-state index is 11.6. The third kappa shape index (κ3) is 2.02. The summed E-state index contributed by atoms with van der Waals surface area (Å²) in [6, 6.07) is 0. The van der Waals surface area contributed by atoms with Crippen LogP contribution in [0.5, 0.6) is 5.75 Å². The summed E-state index contributed by atoms with van der Waals surface area (Å²) in [4.78, 5) is 11.1. The zero-order valence-corrected chi connectivity index (χ0v) is 10.9. The van der Waals surface area contributed by atoms with E-state index in [2.05, 4.69) is 0 Å². The highest BCUT2D eigenvalue weighted by Gasteiger charge is 2.34. The molecule has 1 N–H and O–H groups in total. The van der Waals surface area contributed by atoms with E-state index in [1.165, 1.54) is 6.92 Å². The number of rotatable bonds is 3. The lowest BCUT2D eigenvalue weighted by Crippen LogP contribution is -2.04. The van der Waals surface area contributed by atoms with Gasteiger partial charge in [-0.1, -0.05) is 0 Å². The molecule has 5 nitrogen and oxygen atoms in total. The lowest BCUT2D eigenvalue weighted by molar-refractivity contribution is -0.272. The number of carboxylic acid groups (broad SMARTS) is 1. The molecule has 0 aromatic carbocycles. The van der Waals surface area contributed by atoms with Gasteiger partial charge in [-0.15, -0.1) is 0 Å². The van der Waals surface area contributed by atoms with E-state index < -0.39 is 41.0 Å². The van der Waals surface area contributed by atoms with Crippen LogP contribution in [-0.2, 0) is 14.8 Å². The second kappa shape index (κ2) is 4.23. The SMILES string of the molecule is CC[s+]1c(C)c(C(=O)O)c([O-])c1S(=O)(=O)Cl. The second-order valence-corrected chi connectivity index (χ2v) is 8.11. The number of carbonyl (C=O) groups is 1. The van der Waals surface area contributed by atoms with Crippen LogP contribution in [0.1, 0.15) is 22.2 Å². The molecule has 1 aromatic heterocycles. The van der Waals surface area contributed by atoms with Gasteiger partial charge in [-0.25, -0.2) is 13.2 Å². The van der Waals surface area contributed by atoms with Gasteiger partial charge in [-0.05, 0) is 23.1 Å². The summed E-state index contributed by atoms with van der Waals surface area (Å²) in [7, 11) is -0.0418. The van der Waals surface area contributed by atoms with Crippen LogP contribution in [0.3, 0.4) is 0 Å². The third-order valence-corrected chi connectivity index (χ3v) is 6.86. The van der Waals surface area contributed by atoms with Crippen LogP contribution in [0.15, 0.2) is 4.21 Å². The Hall–Kier alpha value is -0.790. The molecule has 8 heteroatoms. The van der Waals surface area contributed by atoms with E-state index in [1.54, 1.807) is 6.92 Å². The van der Waals surface area contributed by atoms with Crippen LogP contribution in [0, 0.1) is 6.92 Å². The molecule has 90 valence electrons. The summed E-state index contributed by atoms with van der Waals surface area (Å²) >= 11 is 0. The van der Waals surface area contributed by atoms with Crippen LogP contribution < -0.4 is 5.11 Å². The van der Waals surface area contributed by atoms with Crippen LogP contribution in [0.4, 0.5) is 0 Å². The summed E-state index contributed by atoms with van der Waals surface area (Å²) < 4.78 is 21.9. The number of halogens is 1. The van der Waals surface area contributed by atoms with Crippen LogP contribution in [0.25, 0.3) is 0 Å². The normalized spacial score (nSPS) is 12.8. The minimum absolute atomic E-state index is 0.277. The number of carboxylic acids is 1. The fourth-order valence-corrected chi connectivity index (χ4v) is 6.10.